The first kappa shape index (κ1) is 13.8. The molecule has 0 aromatic carbocycles. The summed E-state index contributed by atoms with van der Waals surface area (Å²) in [6, 6.07) is 0.341. The lowest BCUT2D eigenvalue weighted by Gasteiger charge is -2.27. The molecule has 7 nitrogen and oxygen atoms in total. The number of hydrogen-bond donors (Lipinski definition) is 1. The summed E-state index contributed by atoms with van der Waals surface area (Å²) in [7, 11) is 1.78. The van der Waals surface area contributed by atoms with Crippen LogP contribution in [0.1, 0.15) is 20.8 Å². The predicted octanol–water partition coefficient (Wildman–Crippen LogP) is 0.927. The second-order valence-electron chi connectivity index (χ2n) is 5.31. The van der Waals surface area contributed by atoms with Gasteiger partial charge in [0, 0.05) is 20.1 Å². The van der Waals surface area contributed by atoms with Crippen molar-refractivity contribution in [1.29, 1.82) is 0 Å². The molecule has 1 aliphatic heterocycles. The zero-order valence-corrected chi connectivity index (χ0v) is 11.9. The van der Waals surface area contributed by atoms with Gasteiger partial charge in [0.15, 0.2) is 0 Å². The molecule has 2 heterocycles. The van der Waals surface area contributed by atoms with Crippen LogP contribution in [0.15, 0.2) is 0 Å². The third-order valence-corrected chi connectivity index (χ3v) is 2.52. The first-order valence-electron chi connectivity index (χ1n) is 6.43. The van der Waals surface area contributed by atoms with E-state index in [-0.39, 0.29) is 5.60 Å². The van der Waals surface area contributed by atoms with Gasteiger partial charge in [0.1, 0.15) is 5.60 Å². The number of aromatic nitrogens is 3. The fraction of sp³-hybridized carbons (Fsp3) is 0.750. The minimum atomic E-state index is -0.339. The van der Waals surface area contributed by atoms with Crippen LogP contribution in [0.5, 0.6) is 6.01 Å². The molecule has 0 spiro atoms. The van der Waals surface area contributed by atoms with Gasteiger partial charge >= 0.3 is 6.01 Å². The molecule has 0 aliphatic carbocycles. The summed E-state index contributed by atoms with van der Waals surface area (Å²) in [6.07, 6.45) is 0. The lowest BCUT2D eigenvalue weighted by Crippen LogP contribution is -2.37. The van der Waals surface area contributed by atoms with Gasteiger partial charge in [-0.3, -0.25) is 0 Å². The zero-order valence-electron chi connectivity index (χ0n) is 11.9. The smallest absolute Gasteiger partial charge is 0.323 e. The van der Waals surface area contributed by atoms with Crippen molar-refractivity contribution in [2.24, 2.45) is 0 Å². The molecule has 1 fully saturated rings. The summed E-state index contributed by atoms with van der Waals surface area (Å²) in [6.45, 7) is 8.83. The van der Waals surface area contributed by atoms with Crippen molar-refractivity contribution < 1.29 is 9.47 Å². The van der Waals surface area contributed by atoms with E-state index < -0.39 is 0 Å². The maximum absolute atomic E-state index is 5.72. The number of morpholine rings is 1. The minimum absolute atomic E-state index is 0.339. The van der Waals surface area contributed by atoms with Crippen LogP contribution in [0.3, 0.4) is 0 Å². The molecule has 0 amide bonds. The van der Waals surface area contributed by atoms with Crippen LogP contribution < -0.4 is 15.0 Å². The molecule has 106 valence electrons. The third-order valence-electron chi connectivity index (χ3n) is 2.52. The van der Waals surface area contributed by atoms with Gasteiger partial charge in [0.25, 0.3) is 0 Å². The van der Waals surface area contributed by atoms with Crippen molar-refractivity contribution >= 4 is 11.9 Å². The molecular formula is C12H21N5O2. The van der Waals surface area contributed by atoms with E-state index in [0.717, 1.165) is 13.1 Å². The number of anilines is 2. The molecule has 0 atom stereocenters. The molecule has 19 heavy (non-hydrogen) atoms. The van der Waals surface area contributed by atoms with E-state index in [4.69, 9.17) is 9.47 Å². The second kappa shape index (κ2) is 5.56. The fourth-order valence-electron chi connectivity index (χ4n) is 1.68. The molecule has 1 aromatic heterocycles. The van der Waals surface area contributed by atoms with E-state index in [2.05, 4.69) is 25.2 Å². The van der Waals surface area contributed by atoms with Crippen LogP contribution in [-0.2, 0) is 4.74 Å². The molecule has 7 heteroatoms. The highest BCUT2D eigenvalue weighted by Gasteiger charge is 2.19. The summed E-state index contributed by atoms with van der Waals surface area (Å²) >= 11 is 0. The number of nitrogens with one attached hydrogen (secondary N) is 1. The summed E-state index contributed by atoms with van der Waals surface area (Å²) in [5.74, 6) is 1.14. The average Bonchev–Trinajstić information content (AvgIpc) is 2.37. The van der Waals surface area contributed by atoms with E-state index in [0.29, 0.717) is 31.1 Å². The van der Waals surface area contributed by atoms with Crippen LogP contribution in [0.25, 0.3) is 0 Å². The average molecular weight is 267 g/mol. The van der Waals surface area contributed by atoms with E-state index in [9.17, 15) is 0 Å². The lowest BCUT2D eigenvalue weighted by molar-refractivity contribution is 0.114. The van der Waals surface area contributed by atoms with Gasteiger partial charge in [-0.1, -0.05) is 0 Å². The Morgan fingerprint density at radius 2 is 1.84 bits per heavy atom. The lowest BCUT2D eigenvalue weighted by atomic mass is 10.2. The first-order chi connectivity index (χ1) is 8.98. The Labute approximate surface area is 113 Å². The molecule has 1 aliphatic rings. The Morgan fingerprint density at radius 1 is 1.16 bits per heavy atom. The summed E-state index contributed by atoms with van der Waals surface area (Å²) in [4.78, 5) is 15.0. The first-order valence-corrected chi connectivity index (χ1v) is 6.43. The van der Waals surface area contributed by atoms with Crippen LogP contribution in [0.2, 0.25) is 0 Å². The van der Waals surface area contributed by atoms with Crippen molar-refractivity contribution in [1.82, 2.24) is 15.0 Å². The van der Waals surface area contributed by atoms with E-state index >= 15 is 0 Å². The fourth-order valence-corrected chi connectivity index (χ4v) is 1.68. The molecule has 1 N–H and O–H groups in total. The van der Waals surface area contributed by atoms with Gasteiger partial charge in [-0.2, -0.15) is 15.0 Å². The normalized spacial score (nSPS) is 16.3. The molecule has 1 saturated heterocycles. The van der Waals surface area contributed by atoms with Crippen LogP contribution >= 0.6 is 0 Å². The molecule has 0 saturated carbocycles. The van der Waals surface area contributed by atoms with Crippen LogP contribution in [-0.4, -0.2) is 53.9 Å². The van der Waals surface area contributed by atoms with E-state index in [1.807, 2.05) is 20.8 Å². The predicted molar refractivity (Wildman–Crippen MR) is 72.8 cm³/mol. The SMILES string of the molecule is CNc1nc(OC(C)(C)C)nc(N2CCOCC2)n1. The van der Waals surface area contributed by atoms with Crippen molar-refractivity contribution in [3.8, 4) is 6.01 Å². The van der Waals surface area contributed by atoms with Crippen molar-refractivity contribution in [2.75, 3.05) is 43.6 Å². The van der Waals surface area contributed by atoms with Gasteiger partial charge < -0.3 is 19.7 Å². The number of nitrogens with zero attached hydrogens (tertiary/aromatic N) is 4. The van der Waals surface area contributed by atoms with E-state index in [1.165, 1.54) is 0 Å². The van der Waals surface area contributed by atoms with E-state index in [1.54, 1.807) is 7.05 Å². The molecule has 1 aromatic rings. The summed E-state index contributed by atoms with van der Waals surface area (Å²) in [5, 5.41) is 2.93. The van der Waals surface area contributed by atoms with Gasteiger partial charge in [-0.05, 0) is 20.8 Å². The molecule has 0 radical (unpaired) electrons. The Hall–Kier alpha value is -1.63. The largest absolute Gasteiger partial charge is 0.458 e. The van der Waals surface area contributed by atoms with Gasteiger partial charge in [-0.25, -0.2) is 0 Å². The van der Waals surface area contributed by atoms with Crippen molar-refractivity contribution in [2.45, 2.75) is 26.4 Å². The topological polar surface area (TPSA) is 72.4 Å². The Balaban J connectivity index is 2.24. The van der Waals surface area contributed by atoms with Crippen LogP contribution in [0, 0.1) is 0 Å². The standard InChI is InChI=1S/C12H21N5O2/c1-12(2,3)19-11-15-9(13-4)14-10(16-11)17-5-7-18-8-6-17/h5-8H2,1-4H3,(H,13,14,15,16). The highest BCUT2D eigenvalue weighted by Crippen LogP contribution is 2.19. The van der Waals surface area contributed by atoms with Crippen molar-refractivity contribution in [3.63, 3.8) is 0 Å². The van der Waals surface area contributed by atoms with Gasteiger partial charge in [0.05, 0.1) is 13.2 Å². The third kappa shape index (κ3) is 3.92. The quantitative estimate of drug-likeness (QED) is 0.873. The summed E-state index contributed by atoms with van der Waals surface area (Å²) in [5.41, 5.74) is -0.339. The Morgan fingerprint density at radius 3 is 2.42 bits per heavy atom. The highest BCUT2D eigenvalue weighted by molar-refractivity contribution is 5.38. The van der Waals surface area contributed by atoms with Gasteiger partial charge in [-0.15, -0.1) is 0 Å². The zero-order chi connectivity index (χ0) is 13.9. The molecule has 0 bridgehead atoms. The number of hydrogen-bond acceptors (Lipinski definition) is 7. The number of rotatable bonds is 3. The summed E-state index contributed by atoms with van der Waals surface area (Å²) < 4.78 is 11.0. The maximum atomic E-state index is 5.72. The number of ether oxygens (including phenoxy) is 2. The van der Waals surface area contributed by atoms with Crippen LogP contribution in [0.4, 0.5) is 11.9 Å². The Bertz CT molecular complexity index is 427. The maximum Gasteiger partial charge on any atom is 0.323 e. The Kier molecular flexibility index (Phi) is 4.04. The molecular weight excluding hydrogens is 246 g/mol. The second-order valence-corrected chi connectivity index (χ2v) is 5.31. The minimum Gasteiger partial charge on any atom is -0.458 e. The highest BCUT2D eigenvalue weighted by atomic mass is 16.5. The monoisotopic (exact) mass is 267 g/mol. The van der Waals surface area contributed by atoms with Crippen molar-refractivity contribution in [3.05, 3.63) is 0 Å². The molecule has 0 unspecified atom stereocenters. The molecule has 2 rings (SSSR count). The van der Waals surface area contributed by atoms with Gasteiger partial charge in [0.2, 0.25) is 11.9 Å².